The number of hydrogen-bond donors (Lipinski definition) is 6. The van der Waals surface area contributed by atoms with Crippen molar-refractivity contribution < 1.29 is 159 Å². The van der Waals surface area contributed by atoms with Gasteiger partial charge >= 0.3 is 103 Å². The maximum absolute atomic E-state index is 11.7. The van der Waals surface area contributed by atoms with Crippen LogP contribution in [0, 0.1) is 0 Å². The van der Waals surface area contributed by atoms with Crippen molar-refractivity contribution >= 4 is 32.1 Å². The summed E-state index contributed by atoms with van der Waals surface area (Å²) in [6.07, 6.45) is 0. The van der Waals surface area contributed by atoms with Crippen LogP contribution in [0.3, 0.4) is 0 Å². The van der Waals surface area contributed by atoms with Gasteiger partial charge < -0.3 is 29.5 Å². The molecule has 2 rings (SSSR count). The van der Waals surface area contributed by atoms with E-state index < -0.39 is 64.8 Å². The molecule has 20 heteroatoms. The summed E-state index contributed by atoms with van der Waals surface area (Å²) in [5, 5.41) is 39.2. The van der Waals surface area contributed by atoms with Crippen molar-refractivity contribution in [3.05, 3.63) is 35.4 Å². The molecule has 200 valence electrons. The fourth-order valence-electron chi connectivity index (χ4n) is 2.40. The minimum absolute atomic E-state index is 0. The molecule has 0 spiro atoms. The molecule has 0 aromatic heterocycles. The van der Waals surface area contributed by atoms with E-state index in [1.807, 2.05) is 0 Å². The van der Waals surface area contributed by atoms with Gasteiger partial charge in [0.2, 0.25) is 0 Å². The summed E-state index contributed by atoms with van der Waals surface area (Å²) in [4.78, 5) is 21.3. The zero-order valence-corrected chi connectivity index (χ0v) is 29.0. The summed E-state index contributed by atoms with van der Waals surface area (Å²) in [6, 6.07) is 3.13. The number of carbonyl (C=O) groups is 2. The largest absolute Gasteiger partial charge is 1.00 e. The second-order valence-electron chi connectivity index (χ2n) is 6.77. The number of phenols is 4. The quantitative estimate of drug-likeness (QED) is 0.0752. The SMILES string of the molecule is CNN(C)C(=O)c1cc(O)c(O)c(S(=O)(=O)[O-])c1.CNN(C)C(=O)c1cc(O)c(O)c(S(=O)(=O)[O-])c1.[K+].[K+]. The molecule has 0 bridgehead atoms. The molecule has 2 amide bonds. The summed E-state index contributed by atoms with van der Waals surface area (Å²) in [5.41, 5.74) is 4.43. The third kappa shape index (κ3) is 10.5. The van der Waals surface area contributed by atoms with E-state index in [4.69, 9.17) is 0 Å². The second-order valence-corrected chi connectivity index (χ2v) is 9.46. The summed E-state index contributed by atoms with van der Waals surface area (Å²) in [7, 11) is -4.38. The minimum Gasteiger partial charge on any atom is -0.744 e. The molecule has 0 fully saturated rings. The smallest absolute Gasteiger partial charge is 0.744 e. The first-order valence-corrected chi connectivity index (χ1v) is 12.1. The Morgan fingerprint density at radius 3 is 1.16 bits per heavy atom. The van der Waals surface area contributed by atoms with Gasteiger partial charge in [0.15, 0.2) is 23.0 Å². The molecule has 6 N–H and O–H groups in total. The van der Waals surface area contributed by atoms with Crippen LogP contribution in [0.5, 0.6) is 23.0 Å². The number of benzene rings is 2. The number of aromatic hydroxyl groups is 4. The van der Waals surface area contributed by atoms with Crippen LogP contribution >= 0.6 is 0 Å². The van der Waals surface area contributed by atoms with Crippen LogP contribution in [-0.2, 0) is 20.2 Å². The number of hydrazine groups is 2. The molecule has 2 aromatic rings. The summed E-state index contributed by atoms with van der Waals surface area (Å²) >= 11 is 0. The first-order valence-electron chi connectivity index (χ1n) is 9.31. The Kier molecular flexibility index (Phi) is 16.9. The van der Waals surface area contributed by atoms with E-state index >= 15 is 0 Å². The van der Waals surface area contributed by atoms with Crippen molar-refractivity contribution in [1.29, 1.82) is 0 Å². The number of carbonyl (C=O) groups excluding carboxylic acids is 2. The molecule has 0 aliphatic heterocycles. The van der Waals surface area contributed by atoms with E-state index in [-0.39, 0.29) is 114 Å². The van der Waals surface area contributed by atoms with Crippen molar-refractivity contribution in [2.45, 2.75) is 9.79 Å². The van der Waals surface area contributed by atoms with Crippen LogP contribution < -0.4 is 114 Å². The van der Waals surface area contributed by atoms with Crippen molar-refractivity contribution in [1.82, 2.24) is 20.9 Å². The molecule has 2 aromatic carbocycles. The Morgan fingerprint density at radius 1 is 0.684 bits per heavy atom. The zero-order chi connectivity index (χ0) is 28.2. The monoisotopic (exact) mass is 628 g/mol. The van der Waals surface area contributed by atoms with Crippen molar-refractivity contribution in [3.8, 4) is 23.0 Å². The van der Waals surface area contributed by atoms with E-state index in [0.717, 1.165) is 22.2 Å². The zero-order valence-electron chi connectivity index (χ0n) is 21.1. The summed E-state index contributed by atoms with van der Waals surface area (Å²) in [6.45, 7) is 0. The first kappa shape index (κ1) is 39.7. The van der Waals surface area contributed by atoms with Gasteiger partial charge in [-0.1, -0.05) is 0 Å². The van der Waals surface area contributed by atoms with Gasteiger partial charge in [0.25, 0.3) is 11.8 Å². The number of amides is 2. The average molecular weight is 629 g/mol. The number of nitrogens with zero attached hydrogens (tertiary/aromatic N) is 2. The Labute approximate surface area is 303 Å². The van der Waals surface area contributed by atoms with E-state index in [0.29, 0.717) is 12.1 Å². The molecule has 0 atom stereocenters. The third-order valence-corrected chi connectivity index (χ3v) is 6.12. The summed E-state index contributed by atoms with van der Waals surface area (Å²) < 4.78 is 65.1. The van der Waals surface area contributed by atoms with Gasteiger partial charge in [-0.3, -0.25) is 19.6 Å². The van der Waals surface area contributed by atoms with Gasteiger partial charge in [0.1, 0.15) is 30.0 Å². The molecule has 0 saturated carbocycles. The van der Waals surface area contributed by atoms with E-state index in [1.165, 1.54) is 28.2 Å². The number of nitrogens with one attached hydrogen (secondary N) is 2. The molecular formula is C18H22K2N4O12S2. The Morgan fingerprint density at radius 2 is 0.947 bits per heavy atom. The normalized spacial score (nSPS) is 10.7. The van der Waals surface area contributed by atoms with Crippen molar-refractivity contribution in [3.63, 3.8) is 0 Å². The molecule has 0 aliphatic carbocycles. The standard InChI is InChI=1S/2C9H12N2O6S.2K/c2*1-10-11(2)9(14)5-3-6(12)8(13)7(4-5)18(15,16)17;;/h2*3-4,10,12-13H,1-2H3,(H,15,16,17);;/q;;2*+1/p-2. The predicted molar refractivity (Wildman–Crippen MR) is 118 cm³/mol. The fraction of sp³-hybridized carbons (Fsp3) is 0.222. The maximum atomic E-state index is 11.7. The maximum Gasteiger partial charge on any atom is 1.00 e. The van der Waals surface area contributed by atoms with Crippen LogP contribution in [0.1, 0.15) is 20.7 Å². The Bertz CT molecular complexity index is 1280. The molecule has 38 heavy (non-hydrogen) atoms. The molecule has 0 saturated heterocycles. The second kappa shape index (κ2) is 16.1. The van der Waals surface area contributed by atoms with E-state index in [9.17, 15) is 56.0 Å². The average Bonchev–Trinajstić information content (AvgIpc) is 2.79. The fourth-order valence-corrected chi connectivity index (χ4v) is 3.63. The van der Waals surface area contributed by atoms with Crippen molar-refractivity contribution in [2.75, 3.05) is 28.2 Å². The molecule has 0 heterocycles. The predicted octanol–water partition coefficient (Wildman–Crippen LogP) is -7.58. The van der Waals surface area contributed by atoms with Crippen LogP contribution in [0.25, 0.3) is 0 Å². The van der Waals surface area contributed by atoms with Crippen molar-refractivity contribution in [2.24, 2.45) is 0 Å². The molecule has 0 radical (unpaired) electrons. The van der Waals surface area contributed by atoms with E-state index in [1.54, 1.807) is 0 Å². The Hall–Kier alpha value is -0.407. The van der Waals surface area contributed by atoms with Crippen LogP contribution in [-0.4, -0.2) is 96.4 Å². The Balaban J connectivity index is 0. The van der Waals surface area contributed by atoms with Gasteiger partial charge in [-0.25, -0.2) is 27.7 Å². The minimum atomic E-state index is -5.00. The molecule has 0 aliphatic rings. The van der Waals surface area contributed by atoms with Gasteiger partial charge in [-0.05, 0) is 24.3 Å². The number of phenolic OH excluding ortho intramolecular Hbond substituents is 4. The van der Waals surface area contributed by atoms with Crippen LogP contribution in [0.4, 0.5) is 0 Å². The number of rotatable bonds is 6. The van der Waals surface area contributed by atoms with Gasteiger partial charge in [0, 0.05) is 39.3 Å². The van der Waals surface area contributed by atoms with E-state index in [2.05, 4.69) is 10.9 Å². The number of hydrogen-bond acceptors (Lipinski definition) is 14. The van der Waals surface area contributed by atoms with Gasteiger partial charge in [-0.2, -0.15) is 0 Å². The van der Waals surface area contributed by atoms with Crippen LogP contribution in [0.2, 0.25) is 0 Å². The molecule has 16 nitrogen and oxygen atoms in total. The summed E-state index contributed by atoms with van der Waals surface area (Å²) in [5.74, 6) is -5.24. The third-order valence-electron chi connectivity index (χ3n) is 4.42. The molecule has 0 unspecified atom stereocenters. The molecular weight excluding hydrogens is 607 g/mol. The van der Waals surface area contributed by atoms with Gasteiger partial charge in [-0.15, -0.1) is 0 Å². The first-order chi connectivity index (χ1) is 16.4. The van der Waals surface area contributed by atoms with Crippen LogP contribution in [0.15, 0.2) is 34.1 Å². The van der Waals surface area contributed by atoms with Gasteiger partial charge in [0.05, 0.1) is 0 Å². The topological polar surface area (TPSA) is 260 Å².